The van der Waals surface area contributed by atoms with Gasteiger partial charge in [0.1, 0.15) is 0 Å². The third-order valence-corrected chi connectivity index (χ3v) is 8.46. The fraction of sp³-hybridized carbons (Fsp3) is 0.640. The topological polar surface area (TPSA) is 87.7 Å². The largest absolute Gasteiger partial charge is 0.376 e. The molecule has 1 aromatic carbocycles. The van der Waals surface area contributed by atoms with Crippen molar-refractivity contribution in [2.75, 3.05) is 30.4 Å². The van der Waals surface area contributed by atoms with Crippen LogP contribution in [0, 0.1) is 30.6 Å². The van der Waals surface area contributed by atoms with Crippen molar-refractivity contribution in [2.24, 2.45) is 23.7 Å². The van der Waals surface area contributed by atoms with E-state index in [4.69, 9.17) is 4.74 Å². The van der Waals surface area contributed by atoms with Crippen molar-refractivity contribution in [1.29, 1.82) is 0 Å². The van der Waals surface area contributed by atoms with Gasteiger partial charge in [-0.3, -0.25) is 14.4 Å². The predicted molar refractivity (Wildman–Crippen MR) is 121 cm³/mol. The second kappa shape index (κ2) is 8.18. The number of amides is 3. The van der Waals surface area contributed by atoms with Crippen molar-refractivity contribution in [3.8, 4) is 0 Å². The molecule has 0 unspecified atom stereocenters. The van der Waals surface area contributed by atoms with Crippen molar-refractivity contribution < 1.29 is 19.1 Å². The maximum Gasteiger partial charge on any atom is 0.313 e. The van der Waals surface area contributed by atoms with Crippen LogP contribution < -0.4 is 15.5 Å². The average Bonchev–Trinajstić information content (AvgIpc) is 3.20. The molecule has 5 fully saturated rings. The molecule has 1 heterocycles. The Labute approximate surface area is 189 Å². The van der Waals surface area contributed by atoms with Crippen LogP contribution in [0.4, 0.5) is 11.4 Å². The van der Waals surface area contributed by atoms with Crippen LogP contribution in [0.5, 0.6) is 0 Å². The molecular formula is C25H33N3O4. The second-order valence-corrected chi connectivity index (χ2v) is 10.3. The van der Waals surface area contributed by atoms with Crippen LogP contribution in [0.3, 0.4) is 0 Å². The summed E-state index contributed by atoms with van der Waals surface area (Å²) >= 11 is 0. The molecule has 6 rings (SSSR count). The summed E-state index contributed by atoms with van der Waals surface area (Å²) in [7, 11) is 1.75. The van der Waals surface area contributed by atoms with Crippen molar-refractivity contribution in [3.63, 3.8) is 0 Å². The highest BCUT2D eigenvalue weighted by molar-refractivity contribution is 6.39. The van der Waals surface area contributed by atoms with Gasteiger partial charge in [0.2, 0.25) is 5.91 Å². The molecular weight excluding hydrogens is 406 g/mol. The molecule has 0 radical (unpaired) electrons. The molecule has 4 bridgehead atoms. The van der Waals surface area contributed by atoms with Crippen LogP contribution in [-0.2, 0) is 19.1 Å². The maximum atomic E-state index is 12.7. The normalized spacial score (nSPS) is 32.9. The van der Waals surface area contributed by atoms with Crippen molar-refractivity contribution in [3.05, 3.63) is 23.8 Å². The Balaban J connectivity index is 1.23. The zero-order valence-corrected chi connectivity index (χ0v) is 19.0. The van der Waals surface area contributed by atoms with E-state index in [0.29, 0.717) is 37.0 Å². The molecule has 0 atom stereocenters. The number of carbonyl (C=O) groups excluding carboxylic acids is 3. The molecule has 1 saturated heterocycles. The van der Waals surface area contributed by atoms with E-state index in [1.807, 2.05) is 13.0 Å². The Hall–Kier alpha value is -2.41. The lowest BCUT2D eigenvalue weighted by Crippen LogP contribution is -2.63. The van der Waals surface area contributed by atoms with Gasteiger partial charge in [-0.25, -0.2) is 0 Å². The Bertz CT molecular complexity index is 915. The van der Waals surface area contributed by atoms with Crippen LogP contribution in [0.15, 0.2) is 18.2 Å². The number of methoxy groups -OCH3 is 1. The maximum absolute atomic E-state index is 12.7. The number of rotatable bonds is 5. The SMILES string of the molecule is COC1(CNC(=O)C(=O)Nc2ccc(C)c(N3CCCC3=O)c2)C2CC3CC(C2)CC1C3. The molecule has 172 valence electrons. The fourth-order valence-corrected chi connectivity index (χ4v) is 7.04. The van der Waals surface area contributed by atoms with Crippen molar-refractivity contribution >= 4 is 29.1 Å². The van der Waals surface area contributed by atoms with E-state index < -0.39 is 11.8 Å². The average molecular weight is 440 g/mol. The smallest absolute Gasteiger partial charge is 0.313 e. The van der Waals surface area contributed by atoms with Gasteiger partial charge < -0.3 is 20.3 Å². The number of benzene rings is 1. The Morgan fingerprint density at radius 2 is 1.78 bits per heavy atom. The molecule has 4 aliphatic carbocycles. The van der Waals surface area contributed by atoms with Gasteiger partial charge in [0.05, 0.1) is 5.60 Å². The van der Waals surface area contributed by atoms with Crippen LogP contribution in [0.1, 0.15) is 50.5 Å². The van der Waals surface area contributed by atoms with Crippen LogP contribution in [-0.4, -0.2) is 43.5 Å². The van der Waals surface area contributed by atoms with E-state index in [-0.39, 0.29) is 11.5 Å². The van der Waals surface area contributed by atoms with Gasteiger partial charge in [0, 0.05) is 38.0 Å². The number of anilines is 2. The third-order valence-electron chi connectivity index (χ3n) is 8.46. The fourth-order valence-electron chi connectivity index (χ4n) is 7.04. The summed E-state index contributed by atoms with van der Waals surface area (Å²) < 4.78 is 6.08. The summed E-state index contributed by atoms with van der Waals surface area (Å²) in [4.78, 5) is 39.2. The Morgan fingerprint density at radius 1 is 1.09 bits per heavy atom. The van der Waals surface area contributed by atoms with Crippen LogP contribution in [0.2, 0.25) is 0 Å². The standard InChI is InChI=1S/C25H33N3O4/c1-15-5-6-20(13-21(15)28-7-3-4-22(28)29)27-24(31)23(30)26-14-25(32-2)18-9-16-8-17(11-18)12-19(25)10-16/h5-6,13,16-19H,3-4,7-12,14H2,1-2H3,(H,26,30)(H,27,31). The van der Waals surface area contributed by atoms with Gasteiger partial charge in [-0.05, 0) is 86.8 Å². The molecule has 1 aliphatic heterocycles. The molecule has 7 nitrogen and oxygen atoms in total. The number of ether oxygens (including phenoxy) is 1. The molecule has 1 aromatic rings. The molecule has 5 aliphatic rings. The summed E-state index contributed by atoms with van der Waals surface area (Å²) in [6.07, 6.45) is 7.41. The number of carbonyl (C=O) groups is 3. The summed E-state index contributed by atoms with van der Waals surface area (Å²) in [5.74, 6) is 1.29. The van der Waals surface area contributed by atoms with Gasteiger partial charge >= 0.3 is 11.8 Å². The summed E-state index contributed by atoms with van der Waals surface area (Å²) in [5, 5.41) is 5.57. The number of hydrogen-bond donors (Lipinski definition) is 2. The molecule has 7 heteroatoms. The van der Waals surface area contributed by atoms with E-state index >= 15 is 0 Å². The second-order valence-electron chi connectivity index (χ2n) is 10.3. The van der Waals surface area contributed by atoms with Crippen molar-refractivity contribution in [2.45, 2.75) is 57.5 Å². The van der Waals surface area contributed by atoms with E-state index in [0.717, 1.165) is 29.5 Å². The number of nitrogens with one attached hydrogen (secondary N) is 2. The van der Waals surface area contributed by atoms with Gasteiger partial charge in [0.25, 0.3) is 0 Å². The first-order valence-electron chi connectivity index (χ1n) is 11.9. The summed E-state index contributed by atoms with van der Waals surface area (Å²) in [6, 6.07) is 5.40. The number of hydrogen-bond acceptors (Lipinski definition) is 4. The van der Waals surface area contributed by atoms with Gasteiger partial charge in [0.15, 0.2) is 0 Å². The molecule has 0 aromatic heterocycles. The minimum Gasteiger partial charge on any atom is -0.376 e. The highest BCUT2D eigenvalue weighted by Gasteiger charge is 2.57. The van der Waals surface area contributed by atoms with E-state index in [2.05, 4.69) is 10.6 Å². The zero-order valence-electron chi connectivity index (χ0n) is 19.0. The highest BCUT2D eigenvalue weighted by Crippen LogP contribution is 2.59. The quantitative estimate of drug-likeness (QED) is 0.691. The lowest BCUT2D eigenvalue weighted by molar-refractivity contribution is -0.188. The Morgan fingerprint density at radius 3 is 2.38 bits per heavy atom. The van der Waals surface area contributed by atoms with E-state index in [9.17, 15) is 14.4 Å². The first-order chi connectivity index (χ1) is 15.4. The monoisotopic (exact) mass is 439 g/mol. The number of nitrogens with zero attached hydrogens (tertiary/aromatic N) is 1. The molecule has 3 amide bonds. The lowest BCUT2D eigenvalue weighted by atomic mass is 9.49. The lowest BCUT2D eigenvalue weighted by Gasteiger charge is -2.60. The minimum atomic E-state index is -0.692. The highest BCUT2D eigenvalue weighted by atomic mass is 16.5. The Kier molecular flexibility index (Phi) is 5.48. The summed E-state index contributed by atoms with van der Waals surface area (Å²) in [5.41, 5.74) is 1.92. The molecule has 2 N–H and O–H groups in total. The van der Waals surface area contributed by atoms with Crippen LogP contribution >= 0.6 is 0 Å². The zero-order chi connectivity index (χ0) is 22.5. The minimum absolute atomic E-state index is 0.0925. The van der Waals surface area contributed by atoms with E-state index in [1.54, 1.807) is 24.1 Å². The van der Waals surface area contributed by atoms with Crippen molar-refractivity contribution in [1.82, 2.24) is 5.32 Å². The third kappa shape index (κ3) is 3.60. The first-order valence-corrected chi connectivity index (χ1v) is 11.9. The predicted octanol–water partition coefficient (Wildman–Crippen LogP) is 3.02. The van der Waals surface area contributed by atoms with Gasteiger partial charge in [-0.1, -0.05) is 6.07 Å². The van der Waals surface area contributed by atoms with Crippen LogP contribution in [0.25, 0.3) is 0 Å². The van der Waals surface area contributed by atoms with Gasteiger partial charge in [-0.2, -0.15) is 0 Å². The first kappa shape index (κ1) is 21.4. The molecule has 32 heavy (non-hydrogen) atoms. The molecule has 0 spiro atoms. The van der Waals surface area contributed by atoms with Gasteiger partial charge in [-0.15, -0.1) is 0 Å². The van der Waals surface area contributed by atoms with E-state index in [1.165, 1.54) is 32.1 Å². The summed E-state index contributed by atoms with van der Waals surface area (Å²) in [6.45, 7) is 3.00. The number of aryl methyl sites for hydroxylation is 1. The molecule has 4 saturated carbocycles.